The summed E-state index contributed by atoms with van der Waals surface area (Å²) in [5, 5.41) is 64.4. The van der Waals surface area contributed by atoms with E-state index in [0.717, 1.165) is 0 Å². The number of nitrogens with one attached hydrogen (secondary N) is 12. The van der Waals surface area contributed by atoms with Gasteiger partial charge in [-0.2, -0.15) is 0 Å². The molecule has 0 unspecified atom stereocenters. The Kier molecular flexibility index (Phi) is 26.4. The third-order valence-corrected chi connectivity index (χ3v) is 2.80. The van der Waals surface area contributed by atoms with Gasteiger partial charge in [0.15, 0.2) is 47.7 Å². The maximum atomic E-state index is 7.07. The predicted molar refractivity (Wildman–Crippen MR) is 153 cm³/mol. The molecule has 20 nitrogen and oxygen atoms in total. The molecule has 0 atom stereocenters. The number of nitrogens with two attached hydrogens (primary N) is 4. The molecule has 37 heavy (non-hydrogen) atoms. The summed E-state index contributed by atoms with van der Waals surface area (Å²) in [5.41, 5.74) is 19.7. The van der Waals surface area contributed by atoms with Crippen molar-refractivity contribution in [3.63, 3.8) is 0 Å². The molecule has 0 aromatic carbocycles. The molecule has 0 aromatic rings. The van der Waals surface area contributed by atoms with E-state index < -0.39 is 0 Å². The molecule has 0 saturated heterocycles. The van der Waals surface area contributed by atoms with Crippen molar-refractivity contribution in [3.05, 3.63) is 0 Å². The topological polar surface area (TPSA) is 356 Å². The summed E-state index contributed by atoms with van der Waals surface area (Å²) in [5.74, 6) is -0.403. The van der Waals surface area contributed by atoms with Gasteiger partial charge in [0.1, 0.15) is 0 Å². The van der Waals surface area contributed by atoms with Crippen LogP contribution >= 0.6 is 12.4 Å². The van der Waals surface area contributed by atoms with Crippen LogP contribution in [0, 0.1) is 43.3 Å². The van der Waals surface area contributed by atoms with E-state index in [9.17, 15) is 0 Å². The Labute approximate surface area is 223 Å². The molecule has 0 fully saturated rings. The Bertz CT molecular complexity index is 642. The molecule has 0 amide bonds. The second kappa shape index (κ2) is 23.0. The van der Waals surface area contributed by atoms with Crippen molar-refractivity contribution in [2.75, 3.05) is 56.4 Å². The first-order valence-corrected chi connectivity index (χ1v) is 9.63. The lowest BCUT2D eigenvalue weighted by molar-refractivity contribution is 0.599. The Morgan fingerprint density at radius 3 is 0.514 bits per heavy atom. The maximum Gasteiger partial charge on any atom is 0.197 e. The van der Waals surface area contributed by atoms with Crippen molar-refractivity contribution < 1.29 is 0 Å². The van der Waals surface area contributed by atoms with E-state index in [4.69, 9.17) is 66.2 Å². The number of rotatable bonds is 0. The fourth-order valence-electron chi connectivity index (χ4n) is 0.957. The molecule has 0 rings (SSSR count). The van der Waals surface area contributed by atoms with Crippen LogP contribution in [0.5, 0.6) is 0 Å². The molecule has 0 saturated carbocycles. The molecule has 0 spiro atoms. The SMILES string of the molecule is CN(C)C(=N)NC(=N)N.CN(C)C(=N)NC(=N)N.CN(C)C(=N)NC(=N)N.CN(C)C(=N)NC(=N)N.Cl. The summed E-state index contributed by atoms with van der Waals surface area (Å²) in [4.78, 5) is 6.06. The standard InChI is InChI=1S/4C4H11N5.ClH/c4*1-9(2)4(7)8-3(5)6;/h4*1-2H3,(H5,5,6,7,8);1H. The lowest BCUT2D eigenvalue weighted by Gasteiger charge is -2.13. The number of hydrogen-bond acceptors (Lipinski definition) is 8. The van der Waals surface area contributed by atoms with Crippen LogP contribution in [0.2, 0.25) is 0 Å². The Balaban J connectivity index is -0.000000122. The molecule has 0 aliphatic heterocycles. The fourth-order valence-corrected chi connectivity index (χ4v) is 0.957. The van der Waals surface area contributed by atoms with Crippen LogP contribution < -0.4 is 44.2 Å². The molecule has 0 bridgehead atoms. The van der Waals surface area contributed by atoms with Crippen LogP contribution in [0.4, 0.5) is 0 Å². The van der Waals surface area contributed by atoms with Gasteiger partial charge in [0.05, 0.1) is 0 Å². The molecule has 21 heteroatoms. The van der Waals surface area contributed by atoms with Crippen molar-refractivity contribution >= 4 is 60.1 Å². The zero-order chi connectivity index (χ0) is 29.8. The smallest absolute Gasteiger partial charge is 0.197 e. The molecular weight excluding hydrogens is 508 g/mol. The average molecular weight is 553 g/mol. The van der Waals surface area contributed by atoms with Crippen LogP contribution in [-0.4, -0.2) is 124 Å². The highest BCUT2D eigenvalue weighted by molar-refractivity contribution is 5.96. The van der Waals surface area contributed by atoms with Crippen molar-refractivity contribution in [3.8, 4) is 0 Å². The molecule has 0 heterocycles. The van der Waals surface area contributed by atoms with Gasteiger partial charge in [0, 0.05) is 56.4 Å². The second-order valence-corrected chi connectivity index (χ2v) is 7.13. The van der Waals surface area contributed by atoms with Crippen LogP contribution in [0.3, 0.4) is 0 Å². The molecule has 216 valence electrons. The van der Waals surface area contributed by atoms with E-state index in [2.05, 4.69) is 21.3 Å². The van der Waals surface area contributed by atoms with Gasteiger partial charge in [-0.25, -0.2) is 0 Å². The highest BCUT2D eigenvalue weighted by atomic mass is 35.5. The zero-order valence-corrected chi connectivity index (χ0v) is 23.3. The third kappa shape index (κ3) is 36.0. The molecule has 20 N–H and O–H groups in total. The highest BCUT2D eigenvalue weighted by Crippen LogP contribution is 1.72. The third-order valence-electron chi connectivity index (χ3n) is 2.80. The van der Waals surface area contributed by atoms with Crippen LogP contribution in [0.1, 0.15) is 0 Å². The first-order valence-electron chi connectivity index (χ1n) is 9.63. The van der Waals surface area contributed by atoms with Gasteiger partial charge in [0.2, 0.25) is 0 Å². The Morgan fingerprint density at radius 1 is 0.378 bits per heavy atom. The lowest BCUT2D eigenvalue weighted by Crippen LogP contribution is -2.42. The quantitative estimate of drug-likeness (QED) is 0.102. The van der Waals surface area contributed by atoms with Crippen LogP contribution in [0.15, 0.2) is 0 Å². The predicted octanol–water partition coefficient (Wildman–Crippen LogP) is -3.71. The number of halogens is 1. The second-order valence-electron chi connectivity index (χ2n) is 7.13. The van der Waals surface area contributed by atoms with E-state index in [-0.39, 0.29) is 60.1 Å². The van der Waals surface area contributed by atoms with Crippen molar-refractivity contribution in [2.45, 2.75) is 0 Å². The monoisotopic (exact) mass is 552 g/mol. The summed E-state index contributed by atoms with van der Waals surface area (Å²) in [6.45, 7) is 0. The van der Waals surface area contributed by atoms with Gasteiger partial charge in [-0.1, -0.05) is 0 Å². The van der Waals surface area contributed by atoms with Gasteiger partial charge in [-0.3, -0.25) is 64.5 Å². The number of guanidine groups is 8. The zero-order valence-electron chi connectivity index (χ0n) is 22.5. The minimum atomic E-state index is -0.214. The molecule has 0 aliphatic rings. The summed E-state index contributed by atoms with van der Waals surface area (Å²) < 4.78 is 0. The Morgan fingerprint density at radius 2 is 0.486 bits per heavy atom. The van der Waals surface area contributed by atoms with E-state index in [1.807, 2.05) is 0 Å². The first kappa shape index (κ1) is 42.4. The summed E-state index contributed by atoms with van der Waals surface area (Å²) in [6.07, 6.45) is 0. The van der Waals surface area contributed by atoms with Crippen molar-refractivity contribution in [1.29, 1.82) is 43.3 Å². The van der Waals surface area contributed by atoms with E-state index >= 15 is 0 Å². The van der Waals surface area contributed by atoms with Gasteiger partial charge < -0.3 is 42.5 Å². The lowest BCUT2D eigenvalue weighted by atomic mass is 10.8. The number of hydrogen-bond donors (Lipinski definition) is 16. The van der Waals surface area contributed by atoms with E-state index in [0.29, 0.717) is 0 Å². The van der Waals surface area contributed by atoms with Crippen LogP contribution in [0.25, 0.3) is 0 Å². The highest BCUT2D eigenvalue weighted by Gasteiger charge is 1.98. The largest absolute Gasteiger partial charge is 0.370 e. The maximum absolute atomic E-state index is 7.07. The molecule has 0 aliphatic carbocycles. The number of nitrogens with zero attached hydrogens (tertiary/aromatic N) is 4. The van der Waals surface area contributed by atoms with Crippen molar-refractivity contribution in [1.82, 2.24) is 40.9 Å². The average Bonchev–Trinajstić information content (AvgIpc) is 2.67. The fraction of sp³-hybridized carbons (Fsp3) is 0.500. The van der Waals surface area contributed by atoms with Crippen LogP contribution in [-0.2, 0) is 0 Å². The molecular formula is C16H45ClN20. The van der Waals surface area contributed by atoms with Gasteiger partial charge in [-0.05, 0) is 0 Å². The summed E-state index contributed by atoms with van der Waals surface area (Å²) in [7, 11) is 13.5. The molecule has 0 aromatic heterocycles. The normalized spacial score (nSPS) is 8.00. The minimum absolute atomic E-state index is 0. The van der Waals surface area contributed by atoms with E-state index in [1.165, 1.54) is 19.6 Å². The minimum Gasteiger partial charge on any atom is -0.370 e. The van der Waals surface area contributed by atoms with Gasteiger partial charge in [0.25, 0.3) is 0 Å². The van der Waals surface area contributed by atoms with Gasteiger partial charge >= 0.3 is 0 Å². The first-order chi connectivity index (χ1) is 16.1. The van der Waals surface area contributed by atoms with Crippen molar-refractivity contribution in [2.24, 2.45) is 22.9 Å². The summed E-state index contributed by atoms with van der Waals surface area (Å²) >= 11 is 0. The summed E-state index contributed by atoms with van der Waals surface area (Å²) in [6, 6.07) is 0. The van der Waals surface area contributed by atoms with E-state index in [1.54, 1.807) is 56.4 Å². The Hall–Kier alpha value is -4.75. The van der Waals surface area contributed by atoms with Gasteiger partial charge in [-0.15, -0.1) is 12.4 Å². The molecule has 0 radical (unpaired) electrons.